The summed E-state index contributed by atoms with van der Waals surface area (Å²) in [4.78, 5) is 24.0. The van der Waals surface area contributed by atoms with Crippen LogP contribution >= 0.6 is 15.9 Å². The van der Waals surface area contributed by atoms with E-state index in [1.54, 1.807) is 18.2 Å². The Balaban J connectivity index is 1.50. The van der Waals surface area contributed by atoms with Gasteiger partial charge >= 0.3 is 0 Å². The van der Waals surface area contributed by atoms with E-state index >= 15 is 0 Å². The summed E-state index contributed by atoms with van der Waals surface area (Å²) in [5.74, 6) is -0.116. The molecule has 0 saturated heterocycles. The number of nitrogens with zero attached hydrogens (tertiary/aromatic N) is 1. The van der Waals surface area contributed by atoms with Crippen LogP contribution in [0.25, 0.3) is 0 Å². The number of hydrazone groups is 1. The van der Waals surface area contributed by atoms with Crippen molar-refractivity contribution in [1.29, 1.82) is 0 Å². The molecule has 6 nitrogen and oxygen atoms in total. The molecule has 0 spiro atoms. The standard InChI is InChI=1S/C23H20BrN3O3/c24-20-11-6-10-18(13-20)23(29)25-15-22(28)27-26-14-19-9-4-5-12-21(19)30-16-17-7-2-1-3-8-17/h1-14H,15-16H2,(H,25,29)(H,27,28)/b26-14-. The molecule has 30 heavy (non-hydrogen) atoms. The molecule has 3 rings (SSSR count). The van der Waals surface area contributed by atoms with Gasteiger partial charge in [-0.2, -0.15) is 5.10 Å². The van der Waals surface area contributed by atoms with Crippen molar-refractivity contribution in [2.45, 2.75) is 6.61 Å². The predicted molar refractivity (Wildman–Crippen MR) is 119 cm³/mol. The molecule has 2 amide bonds. The van der Waals surface area contributed by atoms with Gasteiger partial charge in [0.05, 0.1) is 12.8 Å². The molecule has 0 aromatic heterocycles. The quantitative estimate of drug-likeness (QED) is 0.390. The maximum atomic E-state index is 12.1. The smallest absolute Gasteiger partial charge is 0.259 e. The van der Waals surface area contributed by atoms with E-state index < -0.39 is 5.91 Å². The summed E-state index contributed by atoms with van der Waals surface area (Å²) < 4.78 is 6.64. The summed E-state index contributed by atoms with van der Waals surface area (Å²) in [6.07, 6.45) is 1.51. The highest BCUT2D eigenvalue weighted by atomic mass is 79.9. The SMILES string of the molecule is O=C(CNC(=O)c1cccc(Br)c1)N/N=C\c1ccccc1OCc1ccccc1. The first kappa shape index (κ1) is 21.3. The third-order valence-electron chi connectivity index (χ3n) is 4.05. The fraction of sp³-hybridized carbons (Fsp3) is 0.0870. The lowest BCUT2D eigenvalue weighted by molar-refractivity contribution is -0.120. The first-order valence-corrected chi connectivity index (χ1v) is 10.0. The zero-order valence-corrected chi connectivity index (χ0v) is 17.6. The largest absolute Gasteiger partial charge is 0.488 e. The summed E-state index contributed by atoms with van der Waals surface area (Å²) in [5.41, 5.74) is 4.65. The Morgan fingerprint density at radius 3 is 2.53 bits per heavy atom. The highest BCUT2D eigenvalue weighted by molar-refractivity contribution is 9.10. The number of rotatable bonds is 8. The molecule has 2 N–H and O–H groups in total. The number of halogens is 1. The lowest BCUT2D eigenvalue weighted by Crippen LogP contribution is -2.34. The van der Waals surface area contributed by atoms with Crippen LogP contribution in [0.3, 0.4) is 0 Å². The second kappa shape index (κ2) is 10.9. The van der Waals surface area contributed by atoms with E-state index in [4.69, 9.17) is 4.74 Å². The van der Waals surface area contributed by atoms with E-state index in [9.17, 15) is 9.59 Å². The van der Waals surface area contributed by atoms with Gasteiger partial charge in [-0.3, -0.25) is 9.59 Å². The van der Waals surface area contributed by atoms with E-state index in [0.717, 1.165) is 15.6 Å². The minimum atomic E-state index is -0.433. The summed E-state index contributed by atoms with van der Waals surface area (Å²) in [7, 11) is 0. The van der Waals surface area contributed by atoms with E-state index in [0.29, 0.717) is 17.9 Å². The van der Waals surface area contributed by atoms with Crippen molar-refractivity contribution < 1.29 is 14.3 Å². The fourth-order valence-electron chi connectivity index (χ4n) is 2.56. The van der Waals surface area contributed by atoms with Crippen LogP contribution in [-0.2, 0) is 11.4 Å². The lowest BCUT2D eigenvalue weighted by Gasteiger charge is -2.09. The predicted octanol–water partition coefficient (Wildman–Crippen LogP) is 3.91. The number of carbonyl (C=O) groups excluding carboxylic acids is 2. The molecule has 0 aliphatic heterocycles. The van der Waals surface area contributed by atoms with Crippen LogP contribution in [0.4, 0.5) is 0 Å². The molecule has 3 aromatic carbocycles. The number of nitrogens with one attached hydrogen (secondary N) is 2. The van der Waals surface area contributed by atoms with Gasteiger partial charge in [-0.1, -0.05) is 64.5 Å². The van der Waals surface area contributed by atoms with E-state index in [2.05, 4.69) is 31.8 Å². The number of para-hydroxylation sites is 1. The van der Waals surface area contributed by atoms with Gasteiger partial charge in [0.1, 0.15) is 12.4 Å². The first-order valence-electron chi connectivity index (χ1n) is 9.23. The van der Waals surface area contributed by atoms with Gasteiger partial charge in [-0.05, 0) is 35.9 Å². The van der Waals surface area contributed by atoms with Gasteiger partial charge in [0.15, 0.2) is 0 Å². The second-order valence-electron chi connectivity index (χ2n) is 6.30. The number of amides is 2. The lowest BCUT2D eigenvalue weighted by atomic mass is 10.2. The molecule has 0 saturated carbocycles. The second-order valence-corrected chi connectivity index (χ2v) is 7.21. The van der Waals surface area contributed by atoms with Gasteiger partial charge in [0.25, 0.3) is 11.8 Å². The third-order valence-corrected chi connectivity index (χ3v) is 4.54. The molecule has 0 bridgehead atoms. The van der Waals surface area contributed by atoms with Crippen molar-refractivity contribution in [3.05, 3.63) is 100 Å². The molecular formula is C23H20BrN3O3. The number of hydrogen-bond acceptors (Lipinski definition) is 4. The molecule has 152 valence electrons. The monoisotopic (exact) mass is 465 g/mol. The molecule has 7 heteroatoms. The molecule has 0 fully saturated rings. The van der Waals surface area contributed by atoms with Crippen LogP contribution in [0.1, 0.15) is 21.5 Å². The number of ether oxygens (including phenoxy) is 1. The zero-order valence-electron chi connectivity index (χ0n) is 16.0. The molecule has 0 heterocycles. The van der Waals surface area contributed by atoms with E-state index in [1.807, 2.05) is 60.7 Å². The molecule has 0 aliphatic rings. The van der Waals surface area contributed by atoms with Gasteiger partial charge in [-0.15, -0.1) is 0 Å². The topological polar surface area (TPSA) is 79.8 Å². The van der Waals surface area contributed by atoms with Crippen molar-refractivity contribution in [3.63, 3.8) is 0 Å². The van der Waals surface area contributed by atoms with Crippen LogP contribution in [0, 0.1) is 0 Å². The molecule has 0 radical (unpaired) electrons. The van der Waals surface area contributed by atoms with Gasteiger partial charge in [0.2, 0.25) is 0 Å². The van der Waals surface area contributed by atoms with E-state index in [1.165, 1.54) is 6.21 Å². The molecule has 0 aliphatic carbocycles. The van der Waals surface area contributed by atoms with Crippen LogP contribution in [0.15, 0.2) is 88.4 Å². The highest BCUT2D eigenvalue weighted by Gasteiger charge is 2.08. The molecular weight excluding hydrogens is 446 g/mol. The summed E-state index contributed by atoms with van der Waals surface area (Å²) in [6, 6.07) is 24.2. The Kier molecular flexibility index (Phi) is 7.74. The summed E-state index contributed by atoms with van der Waals surface area (Å²) in [5, 5.41) is 6.51. The Bertz CT molecular complexity index is 1040. The Morgan fingerprint density at radius 2 is 1.73 bits per heavy atom. The van der Waals surface area contributed by atoms with Crippen molar-refractivity contribution in [3.8, 4) is 5.75 Å². The minimum absolute atomic E-state index is 0.186. The third kappa shape index (κ3) is 6.56. The Labute approximate surface area is 183 Å². The van der Waals surface area contributed by atoms with Crippen LogP contribution < -0.4 is 15.5 Å². The average molecular weight is 466 g/mol. The van der Waals surface area contributed by atoms with Crippen LogP contribution in [-0.4, -0.2) is 24.6 Å². The first-order chi connectivity index (χ1) is 14.6. The van der Waals surface area contributed by atoms with Gasteiger partial charge in [0, 0.05) is 15.6 Å². The maximum absolute atomic E-state index is 12.1. The minimum Gasteiger partial charge on any atom is -0.488 e. The Morgan fingerprint density at radius 1 is 0.967 bits per heavy atom. The van der Waals surface area contributed by atoms with Crippen molar-refractivity contribution in [1.82, 2.24) is 10.7 Å². The zero-order chi connectivity index (χ0) is 21.2. The number of benzene rings is 3. The van der Waals surface area contributed by atoms with Crippen molar-refractivity contribution >= 4 is 34.0 Å². The fourth-order valence-corrected chi connectivity index (χ4v) is 2.96. The molecule has 0 atom stereocenters. The maximum Gasteiger partial charge on any atom is 0.259 e. The van der Waals surface area contributed by atoms with Crippen molar-refractivity contribution in [2.24, 2.45) is 5.10 Å². The summed E-state index contributed by atoms with van der Waals surface area (Å²) in [6.45, 7) is 0.245. The van der Waals surface area contributed by atoms with Gasteiger partial charge in [-0.25, -0.2) is 5.43 Å². The van der Waals surface area contributed by atoms with E-state index in [-0.39, 0.29) is 12.5 Å². The van der Waals surface area contributed by atoms with Gasteiger partial charge < -0.3 is 10.1 Å². The average Bonchev–Trinajstić information content (AvgIpc) is 2.77. The normalized spacial score (nSPS) is 10.6. The van der Waals surface area contributed by atoms with Crippen molar-refractivity contribution in [2.75, 3.05) is 6.54 Å². The number of carbonyl (C=O) groups is 2. The van der Waals surface area contributed by atoms with Crippen LogP contribution in [0.5, 0.6) is 5.75 Å². The Hall–Kier alpha value is -3.45. The molecule has 3 aromatic rings. The number of hydrogen-bond donors (Lipinski definition) is 2. The molecule has 0 unspecified atom stereocenters. The summed E-state index contributed by atoms with van der Waals surface area (Å²) >= 11 is 3.31. The highest BCUT2D eigenvalue weighted by Crippen LogP contribution is 2.17. The van der Waals surface area contributed by atoms with Crippen LogP contribution in [0.2, 0.25) is 0 Å².